The second-order valence-corrected chi connectivity index (χ2v) is 3.87. The number of carbonyl (C=O) groups is 2. The molecule has 0 radical (unpaired) electrons. The molecule has 0 fully saturated rings. The lowest BCUT2D eigenvalue weighted by Gasteiger charge is -2.07. The first kappa shape index (κ1) is 13.7. The predicted octanol–water partition coefficient (Wildman–Crippen LogP) is 2.93. The van der Waals surface area contributed by atoms with E-state index in [-0.39, 0.29) is 0 Å². The maximum Gasteiger partial charge on any atom is 0.326 e. The van der Waals surface area contributed by atoms with Gasteiger partial charge in [0, 0.05) is 5.69 Å². The largest absolute Gasteiger partial charge is 0.326 e. The van der Waals surface area contributed by atoms with E-state index in [9.17, 15) is 18.4 Å². The van der Waals surface area contributed by atoms with Crippen molar-refractivity contribution in [3.05, 3.63) is 65.7 Å². The van der Waals surface area contributed by atoms with Gasteiger partial charge in [-0.05, 0) is 24.3 Å². The molecule has 2 aromatic carbocycles. The summed E-state index contributed by atoms with van der Waals surface area (Å²) in [5.41, 5.74) is -0.345. The molecule has 3 amide bonds. The Morgan fingerprint density at radius 1 is 0.850 bits per heavy atom. The van der Waals surface area contributed by atoms with E-state index in [0.717, 1.165) is 18.2 Å². The molecule has 102 valence electrons. The van der Waals surface area contributed by atoms with Gasteiger partial charge in [-0.3, -0.25) is 10.1 Å². The molecule has 0 saturated heterocycles. The Morgan fingerprint density at radius 3 is 2.05 bits per heavy atom. The van der Waals surface area contributed by atoms with Crippen molar-refractivity contribution in [1.29, 1.82) is 0 Å². The summed E-state index contributed by atoms with van der Waals surface area (Å²) >= 11 is 0. The highest BCUT2D eigenvalue weighted by molar-refractivity contribution is 6.08. The molecule has 0 aliphatic carbocycles. The minimum Gasteiger partial charge on any atom is -0.308 e. The molecular formula is C14H10F2N2O2. The van der Waals surface area contributed by atoms with Crippen LogP contribution in [0.5, 0.6) is 0 Å². The van der Waals surface area contributed by atoms with Gasteiger partial charge in [0.2, 0.25) is 0 Å². The lowest BCUT2D eigenvalue weighted by Crippen LogP contribution is -2.35. The molecule has 0 unspecified atom stereocenters. The lowest BCUT2D eigenvalue weighted by molar-refractivity contribution is 0.0959. The Labute approximate surface area is 113 Å². The molecule has 0 aliphatic heterocycles. The Hall–Kier alpha value is -2.76. The topological polar surface area (TPSA) is 58.2 Å². The van der Waals surface area contributed by atoms with E-state index in [1.54, 1.807) is 30.3 Å². The normalized spacial score (nSPS) is 9.90. The van der Waals surface area contributed by atoms with Crippen molar-refractivity contribution in [2.24, 2.45) is 0 Å². The van der Waals surface area contributed by atoms with Crippen LogP contribution in [0.2, 0.25) is 0 Å². The van der Waals surface area contributed by atoms with E-state index in [1.165, 1.54) is 0 Å². The van der Waals surface area contributed by atoms with E-state index < -0.39 is 29.1 Å². The zero-order chi connectivity index (χ0) is 14.5. The number of hydrogen-bond acceptors (Lipinski definition) is 2. The third-order valence-corrected chi connectivity index (χ3v) is 2.45. The Bertz CT molecular complexity index is 625. The van der Waals surface area contributed by atoms with Crippen LogP contribution in [0.4, 0.5) is 19.3 Å². The van der Waals surface area contributed by atoms with Crippen molar-refractivity contribution >= 4 is 17.6 Å². The van der Waals surface area contributed by atoms with E-state index >= 15 is 0 Å². The van der Waals surface area contributed by atoms with Crippen molar-refractivity contribution in [2.75, 3.05) is 5.32 Å². The molecule has 0 aliphatic rings. The summed E-state index contributed by atoms with van der Waals surface area (Å²) < 4.78 is 26.7. The summed E-state index contributed by atoms with van der Waals surface area (Å²) in [6.45, 7) is 0. The van der Waals surface area contributed by atoms with Crippen LogP contribution < -0.4 is 10.6 Å². The molecule has 4 nitrogen and oxygen atoms in total. The summed E-state index contributed by atoms with van der Waals surface area (Å²) in [5.74, 6) is -3.21. The molecule has 0 saturated carbocycles. The second-order valence-electron chi connectivity index (χ2n) is 3.87. The summed E-state index contributed by atoms with van der Waals surface area (Å²) in [7, 11) is 0. The first-order chi connectivity index (χ1) is 9.58. The molecule has 6 heteroatoms. The van der Waals surface area contributed by atoms with Crippen molar-refractivity contribution in [3.63, 3.8) is 0 Å². The third kappa shape index (κ3) is 3.17. The van der Waals surface area contributed by atoms with E-state index in [4.69, 9.17) is 0 Å². The number of para-hydroxylation sites is 1. The van der Waals surface area contributed by atoms with Gasteiger partial charge >= 0.3 is 6.03 Å². The summed E-state index contributed by atoms with van der Waals surface area (Å²) in [6, 6.07) is 10.5. The van der Waals surface area contributed by atoms with Crippen LogP contribution in [-0.2, 0) is 0 Å². The first-order valence-electron chi connectivity index (χ1n) is 5.69. The van der Waals surface area contributed by atoms with Gasteiger partial charge in [-0.2, -0.15) is 0 Å². The number of hydrogen-bond donors (Lipinski definition) is 2. The SMILES string of the molecule is O=C(NC(=O)c1c(F)cccc1F)Nc1ccccc1. The summed E-state index contributed by atoms with van der Waals surface area (Å²) in [4.78, 5) is 23.2. The zero-order valence-corrected chi connectivity index (χ0v) is 10.2. The number of carbonyl (C=O) groups excluding carboxylic acids is 2. The number of anilines is 1. The average molecular weight is 276 g/mol. The molecule has 2 rings (SSSR count). The molecule has 2 N–H and O–H groups in total. The Balaban J connectivity index is 2.07. The highest BCUT2D eigenvalue weighted by Gasteiger charge is 2.18. The quantitative estimate of drug-likeness (QED) is 0.886. The first-order valence-corrected chi connectivity index (χ1v) is 5.69. The average Bonchev–Trinajstić information content (AvgIpc) is 2.39. The maximum atomic E-state index is 13.3. The van der Waals surface area contributed by atoms with Gasteiger partial charge in [-0.25, -0.2) is 13.6 Å². The summed E-state index contributed by atoms with van der Waals surface area (Å²) in [6.07, 6.45) is 0. The molecule has 20 heavy (non-hydrogen) atoms. The van der Waals surface area contributed by atoms with Crippen LogP contribution in [0, 0.1) is 11.6 Å². The van der Waals surface area contributed by atoms with Gasteiger partial charge in [0.05, 0.1) is 0 Å². The number of amides is 3. The number of rotatable bonds is 2. The maximum absolute atomic E-state index is 13.3. The van der Waals surface area contributed by atoms with Crippen LogP contribution in [0.1, 0.15) is 10.4 Å². The van der Waals surface area contributed by atoms with Gasteiger partial charge in [-0.1, -0.05) is 24.3 Å². The molecular weight excluding hydrogens is 266 g/mol. The van der Waals surface area contributed by atoms with Crippen LogP contribution in [0.25, 0.3) is 0 Å². The minimum atomic E-state index is -1.14. The van der Waals surface area contributed by atoms with Gasteiger partial charge in [0.25, 0.3) is 5.91 Å². The molecule has 0 bridgehead atoms. The number of halogens is 2. The predicted molar refractivity (Wildman–Crippen MR) is 69.3 cm³/mol. The van der Waals surface area contributed by atoms with Crippen molar-refractivity contribution in [2.45, 2.75) is 0 Å². The van der Waals surface area contributed by atoms with Gasteiger partial charge in [-0.15, -0.1) is 0 Å². The standard InChI is InChI=1S/C14H10F2N2O2/c15-10-7-4-8-11(16)12(10)13(19)18-14(20)17-9-5-2-1-3-6-9/h1-8H,(H2,17,18,19,20). The fourth-order valence-corrected chi connectivity index (χ4v) is 1.56. The molecule has 0 heterocycles. The number of urea groups is 1. The van der Waals surface area contributed by atoms with Crippen LogP contribution in [0.3, 0.4) is 0 Å². The zero-order valence-electron chi connectivity index (χ0n) is 10.2. The Kier molecular flexibility index (Phi) is 4.05. The molecule has 2 aromatic rings. The van der Waals surface area contributed by atoms with E-state index in [2.05, 4.69) is 5.32 Å². The molecule has 0 atom stereocenters. The van der Waals surface area contributed by atoms with Crippen LogP contribution >= 0.6 is 0 Å². The van der Waals surface area contributed by atoms with Crippen molar-refractivity contribution in [1.82, 2.24) is 5.32 Å². The number of nitrogens with one attached hydrogen (secondary N) is 2. The van der Waals surface area contributed by atoms with Crippen LogP contribution in [-0.4, -0.2) is 11.9 Å². The Morgan fingerprint density at radius 2 is 1.45 bits per heavy atom. The van der Waals surface area contributed by atoms with Crippen LogP contribution in [0.15, 0.2) is 48.5 Å². The van der Waals surface area contributed by atoms with Crippen molar-refractivity contribution in [3.8, 4) is 0 Å². The smallest absolute Gasteiger partial charge is 0.308 e. The highest BCUT2D eigenvalue weighted by atomic mass is 19.1. The van der Waals surface area contributed by atoms with Crippen molar-refractivity contribution < 1.29 is 18.4 Å². The van der Waals surface area contributed by atoms with Gasteiger partial charge < -0.3 is 5.32 Å². The van der Waals surface area contributed by atoms with E-state index in [1.807, 2.05) is 5.32 Å². The van der Waals surface area contributed by atoms with E-state index in [0.29, 0.717) is 5.69 Å². The molecule has 0 aromatic heterocycles. The fraction of sp³-hybridized carbons (Fsp3) is 0. The number of imide groups is 1. The van der Waals surface area contributed by atoms with Gasteiger partial charge in [0.15, 0.2) is 0 Å². The minimum absolute atomic E-state index is 0.451. The molecule has 0 spiro atoms. The summed E-state index contributed by atoms with van der Waals surface area (Å²) in [5, 5.41) is 4.22. The van der Waals surface area contributed by atoms with Gasteiger partial charge in [0.1, 0.15) is 17.2 Å². The number of benzene rings is 2. The lowest BCUT2D eigenvalue weighted by atomic mass is 10.2. The second kappa shape index (κ2) is 5.92. The third-order valence-electron chi connectivity index (χ3n) is 2.45. The highest BCUT2D eigenvalue weighted by Crippen LogP contribution is 2.12. The fourth-order valence-electron chi connectivity index (χ4n) is 1.56. The monoisotopic (exact) mass is 276 g/mol.